The van der Waals surface area contributed by atoms with Crippen LogP contribution in [0.1, 0.15) is 37.0 Å². The van der Waals surface area contributed by atoms with Gasteiger partial charge in [0.05, 0.1) is 0 Å². The Morgan fingerprint density at radius 3 is 2.33 bits per heavy atom. The summed E-state index contributed by atoms with van der Waals surface area (Å²) in [6.45, 7) is 3.63. The van der Waals surface area contributed by atoms with Crippen LogP contribution >= 0.6 is 0 Å². The summed E-state index contributed by atoms with van der Waals surface area (Å²) >= 11 is 0. The van der Waals surface area contributed by atoms with Crippen molar-refractivity contribution in [3.05, 3.63) is 35.9 Å². The summed E-state index contributed by atoms with van der Waals surface area (Å²) in [4.78, 5) is 23.0. The molecule has 2 heteroatoms. The molecule has 2 nitrogen and oxygen atoms in total. The second-order valence-electron chi connectivity index (χ2n) is 3.73. The highest BCUT2D eigenvalue weighted by molar-refractivity contribution is 5.99. The summed E-state index contributed by atoms with van der Waals surface area (Å²) in [7, 11) is 0. The first-order valence-corrected chi connectivity index (χ1v) is 5.26. The second kappa shape index (κ2) is 5.44. The van der Waals surface area contributed by atoms with Crippen molar-refractivity contribution in [3.8, 4) is 0 Å². The Balaban J connectivity index is 2.65. The highest BCUT2D eigenvalue weighted by Gasteiger charge is 2.17. The van der Waals surface area contributed by atoms with Crippen LogP contribution in [0.4, 0.5) is 0 Å². The third-order valence-corrected chi connectivity index (χ3v) is 2.43. The van der Waals surface area contributed by atoms with Crippen LogP contribution < -0.4 is 0 Å². The zero-order chi connectivity index (χ0) is 11.3. The second-order valence-corrected chi connectivity index (χ2v) is 3.73. The average molecular weight is 204 g/mol. The predicted octanol–water partition coefficient (Wildman–Crippen LogP) is 2.87. The molecule has 0 fully saturated rings. The zero-order valence-corrected chi connectivity index (χ0v) is 9.19. The average Bonchev–Trinajstić information content (AvgIpc) is 2.29. The van der Waals surface area contributed by atoms with Crippen molar-refractivity contribution in [2.24, 2.45) is 5.92 Å². The van der Waals surface area contributed by atoms with Crippen LogP contribution in [-0.4, -0.2) is 11.6 Å². The lowest BCUT2D eigenvalue weighted by Crippen LogP contribution is -2.15. The lowest BCUT2D eigenvalue weighted by atomic mass is 9.94. The molecule has 1 atom stereocenters. The van der Waals surface area contributed by atoms with E-state index in [9.17, 15) is 9.59 Å². The Bertz CT molecular complexity index is 341. The minimum absolute atomic E-state index is 0.0531. The molecule has 1 aromatic carbocycles. The third-order valence-electron chi connectivity index (χ3n) is 2.43. The van der Waals surface area contributed by atoms with E-state index in [1.54, 1.807) is 12.1 Å². The van der Waals surface area contributed by atoms with Gasteiger partial charge in [0.2, 0.25) is 0 Å². The molecule has 1 aromatic rings. The maximum atomic E-state index is 11.8. The van der Waals surface area contributed by atoms with Gasteiger partial charge in [0.1, 0.15) is 5.78 Å². The molecule has 0 aromatic heterocycles. The topological polar surface area (TPSA) is 34.1 Å². The SMILES string of the molecule is CCC(=O)C[C@@H](C)C(=O)c1ccccc1. The van der Waals surface area contributed by atoms with Crippen molar-refractivity contribution in [1.29, 1.82) is 0 Å². The minimum Gasteiger partial charge on any atom is -0.300 e. The van der Waals surface area contributed by atoms with Crippen LogP contribution in [-0.2, 0) is 4.79 Å². The molecule has 1 rings (SSSR count). The van der Waals surface area contributed by atoms with E-state index in [-0.39, 0.29) is 17.5 Å². The van der Waals surface area contributed by atoms with Crippen molar-refractivity contribution in [1.82, 2.24) is 0 Å². The number of ketones is 2. The van der Waals surface area contributed by atoms with Gasteiger partial charge in [-0.1, -0.05) is 44.2 Å². The van der Waals surface area contributed by atoms with Gasteiger partial charge in [0, 0.05) is 24.3 Å². The van der Waals surface area contributed by atoms with Gasteiger partial charge in [0.25, 0.3) is 0 Å². The van der Waals surface area contributed by atoms with Crippen LogP contribution in [0.2, 0.25) is 0 Å². The molecular formula is C13H16O2. The van der Waals surface area contributed by atoms with Gasteiger partial charge in [-0.3, -0.25) is 9.59 Å². The first kappa shape index (κ1) is 11.6. The van der Waals surface area contributed by atoms with Crippen LogP contribution in [0.15, 0.2) is 30.3 Å². The van der Waals surface area contributed by atoms with Crippen LogP contribution in [0.5, 0.6) is 0 Å². The Morgan fingerprint density at radius 2 is 1.80 bits per heavy atom. The molecule has 15 heavy (non-hydrogen) atoms. The number of Topliss-reactive ketones (excluding diaryl/α,β-unsaturated/α-hetero) is 2. The summed E-state index contributed by atoms with van der Waals surface area (Å²) in [5, 5.41) is 0. The number of hydrogen-bond acceptors (Lipinski definition) is 2. The molecule has 0 bridgehead atoms. The molecule has 0 radical (unpaired) electrons. The van der Waals surface area contributed by atoms with Gasteiger partial charge >= 0.3 is 0 Å². The number of hydrogen-bond donors (Lipinski definition) is 0. The van der Waals surface area contributed by atoms with E-state index >= 15 is 0 Å². The van der Waals surface area contributed by atoms with E-state index in [2.05, 4.69) is 0 Å². The van der Waals surface area contributed by atoms with Crippen LogP contribution in [0, 0.1) is 5.92 Å². The molecule has 0 N–H and O–H groups in total. The fraction of sp³-hybridized carbons (Fsp3) is 0.385. The van der Waals surface area contributed by atoms with Gasteiger partial charge in [-0.2, -0.15) is 0 Å². The lowest BCUT2D eigenvalue weighted by Gasteiger charge is -2.08. The highest BCUT2D eigenvalue weighted by atomic mass is 16.1. The summed E-state index contributed by atoms with van der Waals surface area (Å²) in [6, 6.07) is 9.12. The first-order valence-electron chi connectivity index (χ1n) is 5.26. The Hall–Kier alpha value is -1.44. The Kier molecular flexibility index (Phi) is 4.22. The fourth-order valence-electron chi connectivity index (χ4n) is 1.47. The smallest absolute Gasteiger partial charge is 0.166 e. The van der Waals surface area contributed by atoms with Crippen LogP contribution in [0.3, 0.4) is 0 Å². The molecule has 0 unspecified atom stereocenters. The largest absolute Gasteiger partial charge is 0.300 e. The number of carbonyl (C=O) groups is 2. The van der Waals surface area contributed by atoms with Gasteiger partial charge < -0.3 is 0 Å². The van der Waals surface area contributed by atoms with E-state index in [1.807, 2.05) is 32.0 Å². The van der Waals surface area contributed by atoms with E-state index in [4.69, 9.17) is 0 Å². The molecule has 80 valence electrons. The fourth-order valence-corrected chi connectivity index (χ4v) is 1.47. The number of benzene rings is 1. The lowest BCUT2D eigenvalue weighted by molar-refractivity contribution is -0.119. The molecule has 0 heterocycles. The molecular weight excluding hydrogens is 188 g/mol. The summed E-state index contributed by atoms with van der Waals surface area (Å²) in [6.07, 6.45) is 0.858. The molecule has 0 spiro atoms. The Labute approximate surface area is 90.3 Å². The van der Waals surface area contributed by atoms with Crippen molar-refractivity contribution >= 4 is 11.6 Å². The van der Waals surface area contributed by atoms with Gasteiger partial charge in [-0.25, -0.2) is 0 Å². The summed E-state index contributed by atoms with van der Waals surface area (Å²) in [5.41, 5.74) is 0.689. The first-order chi connectivity index (χ1) is 7.15. The molecule has 0 aliphatic carbocycles. The van der Waals surface area contributed by atoms with Crippen molar-refractivity contribution in [3.63, 3.8) is 0 Å². The van der Waals surface area contributed by atoms with E-state index in [0.29, 0.717) is 18.4 Å². The molecule has 0 saturated carbocycles. The highest BCUT2D eigenvalue weighted by Crippen LogP contribution is 2.12. The zero-order valence-electron chi connectivity index (χ0n) is 9.19. The molecule has 0 amide bonds. The maximum absolute atomic E-state index is 11.8. The molecule has 0 aliphatic rings. The van der Waals surface area contributed by atoms with Gasteiger partial charge in [-0.05, 0) is 0 Å². The van der Waals surface area contributed by atoms with Crippen molar-refractivity contribution < 1.29 is 9.59 Å². The van der Waals surface area contributed by atoms with Gasteiger partial charge in [0.15, 0.2) is 5.78 Å². The number of rotatable bonds is 5. The summed E-state index contributed by atoms with van der Waals surface area (Å²) in [5.74, 6) is -0.0102. The van der Waals surface area contributed by atoms with Gasteiger partial charge in [-0.15, -0.1) is 0 Å². The maximum Gasteiger partial charge on any atom is 0.166 e. The predicted molar refractivity (Wildman–Crippen MR) is 59.9 cm³/mol. The van der Waals surface area contributed by atoms with Crippen molar-refractivity contribution in [2.75, 3.05) is 0 Å². The van der Waals surface area contributed by atoms with E-state index in [0.717, 1.165) is 0 Å². The van der Waals surface area contributed by atoms with Crippen molar-refractivity contribution in [2.45, 2.75) is 26.7 Å². The molecule has 0 saturated heterocycles. The van der Waals surface area contributed by atoms with E-state index < -0.39 is 0 Å². The standard InChI is InChI=1S/C13H16O2/c1-3-12(14)9-10(2)13(15)11-7-5-4-6-8-11/h4-8,10H,3,9H2,1-2H3/t10-/m1/s1. The van der Waals surface area contributed by atoms with Crippen LogP contribution in [0.25, 0.3) is 0 Å². The monoisotopic (exact) mass is 204 g/mol. The molecule has 0 aliphatic heterocycles. The third kappa shape index (κ3) is 3.31. The quantitative estimate of drug-likeness (QED) is 0.691. The minimum atomic E-state index is -0.208. The summed E-state index contributed by atoms with van der Waals surface area (Å²) < 4.78 is 0. The Morgan fingerprint density at radius 1 is 1.20 bits per heavy atom. The normalized spacial score (nSPS) is 12.1. The number of carbonyl (C=O) groups excluding carboxylic acids is 2. The van der Waals surface area contributed by atoms with E-state index in [1.165, 1.54) is 0 Å².